The Hall–Kier alpha value is -2.44. The minimum Gasteiger partial charge on any atom is -0.395 e. The van der Waals surface area contributed by atoms with Gasteiger partial charge in [0.15, 0.2) is 5.69 Å². The molecular formula is C11H12N6O. The number of nitrogens with zero attached hydrogens (tertiary/aromatic N) is 3. The summed E-state index contributed by atoms with van der Waals surface area (Å²) in [4.78, 5) is 19.6. The maximum absolute atomic E-state index is 12.0. The predicted octanol–water partition coefficient (Wildman–Crippen LogP) is 0.912. The van der Waals surface area contributed by atoms with Gasteiger partial charge in [-0.2, -0.15) is 5.10 Å². The Bertz CT molecular complexity index is 574. The summed E-state index contributed by atoms with van der Waals surface area (Å²) >= 11 is 0. The summed E-state index contributed by atoms with van der Waals surface area (Å²) in [5, 5.41) is 9.45. The molecule has 2 aromatic rings. The van der Waals surface area contributed by atoms with E-state index in [0.29, 0.717) is 17.3 Å². The van der Waals surface area contributed by atoms with Gasteiger partial charge in [-0.05, 0) is 12.8 Å². The van der Waals surface area contributed by atoms with Gasteiger partial charge in [0.25, 0.3) is 5.91 Å². The molecule has 0 bridgehead atoms. The molecule has 18 heavy (non-hydrogen) atoms. The highest BCUT2D eigenvalue weighted by Crippen LogP contribution is 2.42. The second kappa shape index (κ2) is 4.10. The summed E-state index contributed by atoms with van der Waals surface area (Å²) in [6.45, 7) is 0. The molecule has 7 nitrogen and oxygen atoms in total. The molecule has 92 valence electrons. The molecule has 4 N–H and O–H groups in total. The molecule has 0 radical (unpaired) electrons. The third kappa shape index (κ3) is 1.90. The van der Waals surface area contributed by atoms with Gasteiger partial charge >= 0.3 is 0 Å². The lowest BCUT2D eigenvalue weighted by atomic mass is 10.2. The molecule has 1 aliphatic carbocycles. The van der Waals surface area contributed by atoms with Crippen LogP contribution in [-0.4, -0.2) is 26.1 Å². The van der Waals surface area contributed by atoms with Gasteiger partial charge in [-0.25, -0.2) is 9.97 Å². The smallest absolute Gasteiger partial charge is 0.278 e. The van der Waals surface area contributed by atoms with Crippen LogP contribution in [0.4, 0.5) is 11.4 Å². The summed E-state index contributed by atoms with van der Waals surface area (Å²) in [6.07, 6.45) is 6.61. The number of aromatic nitrogens is 4. The fraction of sp³-hybridized carbons (Fsp3) is 0.273. The van der Waals surface area contributed by atoms with Crippen molar-refractivity contribution in [2.75, 3.05) is 11.1 Å². The summed E-state index contributed by atoms with van der Waals surface area (Å²) in [6, 6.07) is 0. The normalized spacial score (nSPS) is 14.4. The SMILES string of the molecule is Nc1c(C(=O)Nc2cncnc2)n[nH]c1C1CC1. The fourth-order valence-electron chi connectivity index (χ4n) is 1.77. The maximum Gasteiger partial charge on any atom is 0.278 e. The van der Waals surface area contributed by atoms with Crippen molar-refractivity contribution in [2.45, 2.75) is 18.8 Å². The van der Waals surface area contributed by atoms with E-state index in [1.54, 1.807) is 0 Å². The number of hydrogen-bond acceptors (Lipinski definition) is 5. The van der Waals surface area contributed by atoms with Crippen LogP contribution in [0.25, 0.3) is 0 Å². The Morgan fingerprint density at radius 1 is 1.39 bits per heavy atom. The molecule has 0 aromatic carbocycles. The number of rotatable bonds is 3. The zero-order chi connectivity index (χ0) is 12.5. The van der Waals surface area contributed by atoms with Crippen molar-refractivity contribution in [3.05, 3.63) is 30.1 Å². The Balaban J connectivity index is 1.80. The number of carbonyl (C=O) groups excluding carboxylic acids is 1. The summed E-state index contributed by atoms with van der Waals surface area (Å²) in [7, 11) is 0. The van der Waals surface area contributed by atoms with Crippen molar-refractivity contribution in [3.8, 4) is 0 Å². The molecule has 0 saturated heterocycles. The topological polar surface area (TPSA) is 110 Å². The lowest BCUT2D eigenvalue weighted by Gasteiger charge is -2.02. The molecule has 7 heteroatoms. The van der Waals surface area contributed by atoms with Crippen LogP contribution in [0.5, 0.6) is 0 Å². The Labute approximate surface area is 103 Å². The fourth-order valence-corrected chi connectivity index (χ4v) is 1.77. The zero-order valence-corrected chi connectivity index (χ0v) is 9.55. The number of amides is 1. The predicted molar refractivity (Wildman–Crippen MR) is 65.0 cm³/mol. The van der Waals surface area contributed by atoms with Crippen LogP contribution >= 0.6 is 0 Å². The number of anilines is 2. The molecule has 1 aliphatic rings. The molecule has 1 saturated carbocycles. The van der Waals surface area contributed by atoms with Crippen LogP contribution in [0.1, 0.15) is 34.9 Å². The first kappa shape index (κ1) is 10.7. The highest BCUT2D eigenvalue weighted by Gasteiger charge is 2.30. The molecule has 0 atom stereocenters. The molecule has 3 rings (SSSR count). The Morgan fingerprint density at radius 2 is 2.11 bits per heavy atom. The Kier molecular flexibility index (Phi) is 2.44. The van der Waals surface area contributed by atoms with Crippen molar-refractivity contribution in [2.24, 2.45) is 0 Å². The van der Waals surface area contributed by atoms with E-state index in [0.717, 1.165) is 18.5 Å². The zero-order valence-electron chi connectivity index (χ0n) is 9.55. The van der Waals surface area contributed by atoms with Crippen molar-refractivity contribution in [1.82, 2.24) is 20.2 Å². The Morgan fingerprint density at radius 3 is 2.78 bits per heavy atom. The molecule has 0 aliphatic heterocycles. The lowest BCUT2D eigenvalue weighted by molar-refractivity contribution is 0.102. The van der Waals surface area contributed by atoms with E-state index in [1.165, 1.54) is 18.7 Å². The average Bonchev–Trinajstić information content (AvgIpc) is 3.14. The van der Waals surface area contributed by atoms with Crippen LogP contribution in [0.2, 0.25) is 0 Å². The van der Waals surface area contributed by atoms with Crippen molar-refractivity contribution < 1.29 is 4.79 Å². The molecule has 2 heterocycles. The van der Waals surface area contributed by atoms with E-state index in [2.05, 4.69) is 25.5 Å². The van der Waals surface area contributed by atoms with E-state index in [9.17, 15) is 4.79 Å². The minimum atomic E-state index is -0.356. The van der Waals surface area contributed by atoms with E-state index in [-0.39, 0.29) is 11.6 Å². The number of carbonyl (C=O) groups is 1. The maximum atomic E-state index is 12.0. The van der Waals surface area contributed by atoms with Gasteiger partial charge in [0, 0.05) is 5.92 Å². The van der Waals surface area contributed by atoms with E-state index in [1.807, 2.05) is 0 Å². The molecule has 1 fully saturated rings. The van der Waals surface area contributed by atoms with Crippen molar-refractivity contribution in [3.63, 3.8) is 0 Å². The highest BCUT2D eigenvalue weighted by molar-refractivity contribution is 6.06. The lowest BCUT2D eigenvalue weighted by Crippen LogP contribution is -2.14. The van der Waals surface area contributed by atoms with Crippen LogP contribution in [0.15, 0.2) is 18.7 Å². The molecule has 1 amide bonds. The second-order valence-electron chi connectivity index (χ2n) is 4.26. The van der Waals surface area contributed by atoms with E-state index < -0.39 is 0 Å². The summed E-state index contributed by atoms with van der Waals surface area (Å²) in [5.74, 6) is 0.0737. The van der Waals surface area contributed by atoms with Gasteiger partial charge in [-0.3, -0.25) is 9.89 Å². The van der Waals surface area contributed by atoms with Gasteiger partial charge in [-0.1, -0.05) is 0 Å². The third-order valence-corrected chi connectivity index (χ3v) is 2.85. The van der Waals surface area contributed by atoms with Crippen molar-refractivity contribution in [1.29, 1.82) is 0 Å². The number of nitrogens with one attached hydrogen (secondary N) is 2. The van der Waals surface area contributed by atoms with Gasteiger partial charge in [-0.15, -0.1) is 0 Å². The largest absolute Gasteiger partial charge is 0.395 e. The van der Waals surface area contributed by atoms with Crippen LogP contribution in [-0.2, 0) is 0 Å². The molecule has 0 spiro atoms. The number of aromatic amines is 1. The monoisotopic (exact) mass is 244 g/mol. The second-order valence-corrected chi connectivity index (χ2v) is 4.26. The van der Waals surface area contributed by atoms with E-state index in [4.69, 9.17) is 5.73 Å². The highest BCUT2D eigenvalue weighted by atomic mass is 16.2. The number of H-pyrrole nitrogens is 1. The van der Waals surface area contributed by atoms with Gasteiger partial charge in [0.1, 0.15) is 6.33 Å². The van der Waals surface area contributed by atoms with Gasteiger partial charge < -0.3 is 11.1 Å². The standard InChI is InChI=1S/C11H12N6O/c12-8-9(6-1-2-6)16-17-10(8)11(18)15-7-3-13-5-14-4-7/h3-6H,1-2,12H2,(H,15,18)(H,16,17). The molecule has 2 aromatic heterocycles. The van der Waals surface area contributed by atoms with E-state index >= 15 is 0 Å². The summed E-state index contributed by atoms with van der Waals surface area (Å²) in [5.41, 5.74) is 7.95. The summed E-state index contributed by atoms with van der Waals surface area (Å²) < 4.78 is 0. The van der Waals surface area contributed by atoms with Crippen LogP contribution in [0.3, 0.4) is 0 Å². The third-order valence-electron chi connectivity index (χ3n) is 2.85. The molecular weight excluding hydrogens is 232 g/mol. The first-order chi connectivity index (χ1) is 8.75. The number of nitrogen functional groups attached to an aromatic ring is 1. The van der Waals surface area contributed by atoms with Gasteiger partial charge in [0.2, 0.25) is 0 Å². The van der Waals surface area contributed by atoms with Crippen molar-refractivity contribution >= 4 is 17.3 Å². The number of hydrogen-bond donors (Lipinski definition) is 3. The quantitative estimate of drug-likeness (QED) is 0.743. The minimum absolute atomic E-state index is 0.223. The van der Waals surface area contributed by atoms with Gasteiger partial charge in [0.05, 0.1) is 29.5 Å². The van der Waals surface area contributed by atoms with Crippen LogP contribution < -0.4 is 11.1 Å². The first-order valence-electron chi connectivity index (χ1n) is 5.66. The van der Waals surface area contributed by atoms with Crippen LogP contribution in [0, 0.1) is 0 Å². The number of nitrogens with two attached hydrogens (primary N) is 1. The first-order valence-corrected chi connectivity index (χ1v) is 5.66. The average molecular weight is 244 g/mol. The molecule has 0 unspecified atom stereocenters.